The Morgan fingerprint density at radius 3 is 2.73 bits per heavy atom. The van der Waals surface area contributed by atoms with Gasteiger partial charge in [0.2, 0.25) is 0 Å². The largest absolute Gasteiger partial charge is 0.370 e. The van der Waals surface area contributed by atoms with Crippen LogP contribution in [0, 0.1) is 11.6 Å². The van der Waals surface area contributed by atoms with E-state index in [1.807, 2.05) is 6.07 Å². The van der Waals surface area contributed by atoms with Gasteiger partial charge in [0.15, 0.2) is 5.82 Å². The number of aromatic nitrogens is 2. The van der Waals surface area contributed by atoms with Crippen LogP contribution in [-0.4, -0.2) is 16.3 Å². The number of nitrogens with zero attached hydrogens (tertiary/aromatic N) is 2. The molecule has 0 fully saturated rings. The van der Waals surface area contributed by atoms with Crippen molar-refractivity contribution in [3.63, 3.8) is 0 Å². The maximum Gasteiger partial charge on any atom is 0.151 e. The average Bonchev–Trinajstić information content (AvgIpc) is 2.79. The van der Waals surface area contributed by atoms with Gasteiger partial charge in [-0.05, 0) is 37.5 Å². The predicted molar refractivity (Wildman–Crippen MR) is 100 cm³/mol. The molecule has 0 radical (unpaired) electrons. The zero-order chi connectivity index (χ0) is 18.3. The molecule has 26 heavy (non-hydrogen) atoms. The van der Waals surface area contributed by atoms with Crippen LogP contribution in [0.3, 0.4) is 0 Å². The fraction of sp³-hybridized carbons (Fsp3) is 0.211. The van der Waals surface area contributed by atoms with Crippen molar-refractivity contribution in [3.8, 4) is 16.9 Å². The summed E-state index contributed by atoms with van der Waals surface area (Å²) in [4.78, 5) is 0. The summed E-state index contributed by atoms with van der Waals surface area (Å²) in [6.45, 7) is 0.754. The highest BCUT2D eigenvalue weighted by molar-refractivity contribution is 6.43. The number of benzene rings is 2. The van der Waals surface area contributed by atoms with Crippen molar-refractivity contribution in [3.05, 3.63) is 63.6 Å². The van der Waals surface area contributed by atoms with Gasteiger partial charge >= 0.3 is 0 Å². The molecule has 3 nitrogen and oxygen atoms in total. The van der Waals surface area contributed by atoms with E-state index in [2.05, 4.69) is 10.4 Å². The third-order valence-electron chi connectivity index (χ3n) is 4.47. The fourth-order valence-corrected chi connectivity index (χ4v) is 3.62. The van der Waals surface area contributed by atoms with Gasteiger partial charge in [-0.3, -0.25) is 0 Å². The Labute approximate surface area is 159 Å². The Kier molecular flexibility index (Phi) is 4.59. The second-order valence-corrected chi connectivity index (χ2v) is 6.95. The Hall–Kier alpha value is -2.11. The van der Waals surface area contributed by atoms with E-state index in [0.717, 1.165) is 37.4 Å². The van der Waals surface area contributed by atoms with Crippen LogP contribution in [-0.2, 0) is 6.42 Å². The summed E-state index contributed by atoms with van der Waals surface area (Å²) in [5.41, 5.74) is 2.49. The Morgan fingerprint density at radius 1 is 1.08 bits per heavy atom. The van der Waals surface area contributed by atoms with Crippen LogP contribution < -0.4 is 5.32 Å². The molecule has 2 heterocycles. The van der Waals surface area contributed by atoms with Crippen molar-refractivity contribution < 1.29 is 8.78 Å². The molecule has 2 aromatic carbocycles. The normalized spacial score (nSPS) is 13.8. The van der Waals surface area contributed by atoms with Gasteiger partial charge in [-0.15, -0.1) is 0 Å². The number of rotatable bonds is 2. The van der Waals surface area contributed by atoms with Gasteiger partial charge in [-0.1, -0.05) is 35.3 Å². The first-order valence-electron chi connectivity index (χ1n) is 8.32. The molecule has 134 valence electrons. The van der Waals surface area contributed by atoms with Crippen LogP contribution in [0.4, 0.5) is 14.6 Å². The summed E-state index contributed by atoms with van der Waals surface area (Å²) >= 11 is 12.6. The summed E-state index contributed by atoms with van der Waals surface area (Å²) in [5, 5.41) is 8.78. The second-order valence-electron chi connectivity index (χ2n) is 6.17. The van der Waals surface area contributed by atoms with E-state index in [0.29, 0.717) is 27.1 Å². The summed E-state index contributed by atoms with van der Waals surface area (Å²) < 4.78 is 29.2. The molecule has 0 bridgehead atoms. The molecule has 0 unspecified atom stereocenters. The third-order valence-corrected chi connectivity index (χ3v) is 5.29. The Balaban J connectivity index is 1.96. The number of fused-ring (bicyclic) bond motifs is 1. The topological polar surface area (TPSA) is 29.9 Å². The summed E-state index contributed by atoms with van der Waals surface area (Å²) in [7, 11) is 0. The standard InChI is InChI=1S/C19H15Cl2F2N3/c20-14-6-3-5-12(17(14)21)18-13-4-1-2-9-24-19(13)26(25-18)16-8-7-11(22)10-15(16)23/h3,5-8,10,24H,1-2,4,9H2. The van der Waals surface area contributed by atoms with E-state index in [1.54, 1.807) is 12.1 Å². The maximum atomic E-state index is 14.4. The SMILES string of the molecule is Fc1ccc(-n2nc(-c3cccc(Cl)c3Cl)c3c2NCCCC3)c(F)c1. The lowest BCUT2D eigenvalue weighted by molar-refractivity contribution is 0.574. The molecule has 0 saturated carbocycles. The van der Waals surface area contributed by atoms with Crippen LogP contribution in [0.2, 0.25) is 10.0 Å². The summed E-state index contributed by atoms with van der Waals surface area (Å²) in [6, 6.07) is 8.81. The fourth-order valence-electron chi connectivity index (χ4n) is 3.23. The van der Waals surface area contributed by atoms with E-state index in [1.165, 1.54) is 16.8 Å². The van der Waals surface area contributed by atoms with Crippen LogP contribution in [0.25, 0.3) is 16.9 Å². The van der Waals surface area contributed by atoms with E-state index in [4.69, 9.17) is 23.2 Å². The lowest BCUT2D eigenvalue weighted by Gasteiger charge is -2.10. The highest BCUT2D eigenvalue weighted by Gasteiger charge is 2.24. The predicted octanol–water partition coefficient (Wildman–Crippen LogP) is 5.87. The van der Waals surface area contributed by atoms with Gasteiger partial charge in [0.25, 0.3) is 0 Å². The third kappa shape index (κ3) is 2.95. The number of halogens is 4. The molecule has 7 heteroatoms. The smallest absolute Gasteiger partial charge is 0.151 e. The van der Waals surface area contributed by atoms with E-state index >= 15 is 0 Å². The number of nitrogens with one attached hydrogen (secondary N) is 1. The number of anilines is 1. The molecule has 0 aliphatic carbocycles. The van der Waals surface area contributed by atoms with Gasteiger partial charge in [0.05, 0.1) is 15.7 Å². The maximum absolute atomic E-state index is 14.4. The zero-order valence-corrected chi connectivity index (χ0v) is 15.2. The van der Waals surface area contributed by atoms with E-state index in [-0.39, 0.29) is 5.69 Å². The monoisotopic (exact) mass is 393 g/mol. The lowest BCUT2D eigenvalue weighted by Crippen LogP contribution is -2.08. The number of hydrogen-bond acceptors (Lipinski definition) is 2. The van der Waals surface area contributed by atoms with Gasteiger partial charge < -0.3 is 5.32 Å². The summed E-state index contributed by atoms with van der Waals surface area (Å²) in [5.74, 6) is -0.597. The average molecular weight is 394 g/mol. The van der Waals surface area contributed by atoms with Crippen molar-refractivity contribution in [1.29, 1.82) is 0 Å². The lowest BCUT2D eigenvalue weighted by atomic mass is 10.0. The molecule has 1 aromatic heterocycles. The quantitative estimate of drug-likeness (QED) is 0.589. The molecule has 0 spiro atoms. The van der Waals surface area contributed by atoms with Gasteiger partial charge in [0, 0.05) is 23.7 Å². The van der Waals surface area contributed by atoms with E-state index in [9.17, 15) is 8.78 Å². The second kappa shape index (κ2) is 6.89. The molecular weight excluding hydrogens is 379 g/mol. The van der Waals surface area contributed by atoms with Gasteiger partial charge in [-0.2, -0.15) is 5.10 Å². The Morgan fingerprint density at radius 2 is 1.92 bits per heavy atom. The van der Waals surface area contributed by atoms with Crippen LogP contribution in [0.5, 0.6) is 0 Å². The molecule has 0 saturated heterocycles. The Bertz CT molecular complexity index is 985. The molecule has 1 aliphatic rings. The zero-order valence-electron chi connectivity index (χ0n) is 13.7. The van der Waals surface area contributed by atoms with Crippen molar-refractivity contribution in [1.82, 2.24) is 9.78 Å². The number of hydrogen-bond donors (Lipinski definition) is 1. The van der Waals surface area contributed by atoms with Crippen molar-refractivity contribution in [2.75, 3.05) is 11.9 Å². The molecular formula is C19H15Cl2F2N3. The van der Waals surface area contributed by atoms with Gasteiger partial charge in [-0.25, -0.2) is 13.5 Å². The molecule has 0 amide bonds. The highest BCUT2D eigenvalue weighted by atomic mass is 35.5. The molecule has 3 aromatic rings. The first kappa shape index (κ1) is 17.3. The van der Waals surface area contributed by atoms with Crippen molar-refractivity contribution >= 4 is 29.0 Å². The minimum Gasteiger partial charge on any atom is -0.370 e. The van der Waals surface area contributed by atoms with Crippen LogP contribution in [0.15, 0.2) is 36.4 Å². The molecule has 1 N–H and O–H groups in total. The highest BCUT2D eigenvalue weighted by Crippen LogP contribution is 2.39. The van der Waals surface area contributed by atoms with Crippen molar-refractivity contribution in [2.24, 2.45) is 0 Å². The molecule has 4 rings (SSSR count). The van der Waals surface area contributed by atoms with E-state index < -0.39 is 11.6 Å². The van der Waals surface area contributed by atoms with Crippen LogP contribution in [0.1, 0.15) is 18.4 Å². The molecule has 0 atom stereocenters. The first-order valence-corrected chi connectivity index (χ1v) is 9.07. The first-order chi connectivity index (χ1) is 12.6. The minimum absolute atomic E-state index is 0.182. The summed E-state index contributed by atoms with van der Waals surface area (Å²) in [6.07, 6.45) is 2.75. The van der Waals surface area contributed by atoms with Crippen LogP contribution >= 0.6 is 23.2 Å². The molecule has 1 aliphatic heterocycles. The van der Waals surface area contributed by atoms with Crippen molar-refractivity contribution in [2.45, 2.75) is 19.3 Å². The van der Waals surface area contributed by atoms with Gasteiger partial charge in [0.1, 0.15) is 17.3 Å². The minimum atomic E-state index is -0.676.